The fourth-order valence-electron chi connectivity index (χ4n) is 5.76. The number of carbonyl (C=O) groups excluding carboxylic acids is 5. The standard InChI is InChI=1S/C25H29ClF4N6O5/c1-24(2)14-11-35(21(39)15(33-23(41)25(28,29)30)9-12-3-6-31-7-4-12)17(16(14)24)20(38)34-36(22(40)18(26)27)10-13-5-8-32-19(13)37/h3-4,6-7,13-18H,5,8-11H2,1-2H3,(H,32,37)(H,33,41)(H,34,38)/t13-,14-,15?,16-,17-,18?/m0/s1. The van der Waals surface area contributed by atoms with Gasteiger partial charge in [0.1, 0.15) is 12.1 Å². The van der Waals surface area contributed by atoms with Gasteiger partial charge in [-0.3, -0.25) is 34.4 Å². The molecule has 0 spiro atoms. The Kier molecular flexibility index (Phi) is 8.48. The van der Waals surface area contributed by atoms with Crippen molar-refractivity contribution in [2.75, 3.05) is 19.6 Å². The Morgan fingerprint density at radius 3 is 2.46 bits per heavy atom. The van der Waals surface area contributed by atoms with E-state index < -0.39 is 70.7 Å². The van der Waals surface area contributed by atoms with Crippen LogP contribution in [0.1, 0.15) is 25.8 Å². The number of carbonyl (C=O) groups is 5. The summed E-state index contributed by atoms with van der Waals surface area (Å²) in [6, 6.07) is 0.000243. The lowest BCUT2D eigenvalue weighted by atomic mass is 9.98. The molecule has 2 saturated heterocycles. The van der Waals surface area contributed by atoms with Gasteiger partial charge in [0.05, 0.1) is 12.5 Å². The number of amides is 5. The minimum absolute atomic E-state index is 0.00351. The highest BCUT2D eigenvalue weighted by molar-refractivity contribution is 6.29. The van der Waals surface area contributed by atoms with Gasteiger partial charge in [-0.25, -0.2) is 9.40 Å². The van der Waals surface area contributed by atoms with E-state index in [4.69, 9.17) is 11.6 Å². The molecule has 1 aromatic rings. The van der Waals surface area contributed by atoms with Crippen LogP contribution in [0, 0.1) is 23.2 Å². The molecule has 3 fully saturated rings. The molecular weight excluding hydrogens is 576 g/mol. The smallest absolute Gasteiger partial charge is 0.356 e. The van der Waals surface area contributed by atoms with E-state index in [0.29, 0.717) is 23.5 Å². The third-order valence-corrected chi connectivity index (χ3v) is 8.26. The molecule has 3 aliphatic rings. The van der Waals surface area contributed by atoms with Crippen LogP contribution in [-0.4, -0.2) is 88.0 Å². The van der Waals surface area contributed by atoms with Crippen molar-refractivity contribution in [3.8, 4) is 0 Å². The molecule has 16 heteroatoms. The highest BCUT2D eigenvalue weighted by Gasteiger charge is 2.69. The highest BCUT2D eigenvalue weighted by atomic mass is 35.5. The lowest BCUT2D eigenvalue weighted by Gasteiger charge is -2.35. The Hall–Kier alpha value is -3.49. The summed E-state index contributed by atoms with van der Waals surface area (Å²) in [6.45, 7) is 3.65. The summed E-state index contributed by atoms with van der Waals surface area (Å²) in [6.07, 6.45) is -2.52. The van der Waals surface area contributed by atoms with Gasteiger partial charge in [-0.05, 0) is 41.4 Å². The van der Waals surface area contributed by atoms with Crippen molar-refractivity contribution in [1.82, 2.24) is 31.0 Å². The molecule has 3 heterocycles. The number of alkyl halides is 5. The number of nitrogens with zero attached hydrogens (tertiary/aromatic N) is 3. The predicted octanol–water partition coefficient (Wildman–Crippen LogP) is 0.685. The molecule has 2 aliphatic heterocycles. The van der Waals surface area contributed by atoms with Crippen LogP contribution in [-0.2, 0) is 30.4 Å². The lowest BCUT2D eigenvalue weighted by Crippen LogP contribution is -2.60. The number of nitrogens with one attached hydrogen (secondary N) is 3. The zero-order valence-corrected chi connectivity index (χ0v) is 22.8. The van der Waals surface area contributed by atoms with Gasteiger partial charge in [-0.1, -0.05) is 25.4 Å². The van der Waals surface area contributed by atoms with Crippen LogP contribution in [0.2, 0.25) is 0 Å². The van der Waals surface area contributed by atoms with Crippen molar-refractivity contribution in [2.45, 2.75) is 50.6 Å². The Balaban J connectivity index is 1.59. The maximum absolute atomic E-state index is 13.8. The van der Waals surface area contributed by atoms with Gasteiger partial charge in [0.25, 0.3) is 17.4 Å². The second-order valence-corrected chi connectivity index (χ2v) is 11.4. The molecule has 1 aromatic heterocycles. The molecule has 1 saturated carbocycles. The Bertz CT molecular complexity index is 1220. The van der Waals surface area contributed by atoms with Crippen LogP contribution >= 0.6 is 11.6 Å². The van der Waals surface area contributed by atoms with Gasteiger partial charge < -0.3 is 15.5 Å². The summed E-state index contributed by atoms with van der Waals surface area (Å²) in [5.41, 5.74) is -0.257. The first-order chi connectivity index (χ1) is 19.1. The minimum Gasteiger partial charge on any atom is -0.356 e. The Labute approximate surface area is 237 Å². The summed E-state index contributed by atoms with van der Waals surface area (Å²) >= 11 is 5.34. The van der Waals surface area contributed by atoms with Gasteiger partial charge in [-0.2, -0.15) is 13.2 Å². The molecule has 0 bridgehead atoms. The molecule has 2 unspecified atom stereocenters. The van der Waals surface area contributed by atoms with Crippen LogP contribution < -0.4 is 16.1 Å². The molecule has 3 N–H and O–H groups in total. The fourth-order valence-corrected chi connectivity index (χ4v) is 5.87. The molecule has 0 aromatic carbocycles. The van der Waals surface area contributed by atoms with E-state index >= 15 is 0 Å². The van der Waals surface area contributed by atoms with Crippen LogP contribution in [0.3, 0.4) is 0 Å². The molecule has 11 nitrogen and oxygen atoms in total. The van der Waals surface area contributed by atoms with E-state index in [0.717, 1.165) is 4.90 Å². The maximum atomic E-state index is 13.8. The SMILES string of the molecule is CC1(C)[C@@H]2[C@@H](C(=O)NN(C[C@@H]3CCNC3=O)C(=O)C(F)Cl)N(C(=O)C(Cc3ccncc3)NC(=O)C(F)(F)F)C[C@@H]21. The molecular formula is C25H29ClF4N6O5. The lowest BCUT2D eigenvalue weighted by molar-refractivity contribution is -0.175. The third-order valence-electron chi connectivity index (χ3n) is 8.07. The monoisotopic (exact) mass is 604 g/mol. The number of hydrogen-bond acceptors (Lipinski definition) is 6. The molecule has 0 radical (unpaired) electrons. The topological polar surface area (TPSA) is 141 Å². The summed E-state index contributed by atoms with van der Waals surface area (Å²) in [5, 5.41) is 4.90. The first-order valence-electron chi connectivity index (χ1n) is 12.9. The number of pyridine rings is 1. The largest absolute Gasteiger partial charge is 0.471 e. The molecule has 1 aliphatic carbocycles. The number of rotatable bonds is 8. The summed E-state index contributed by atoms with van der Waals surface area (Å²) in [4.78, 5) is 68.6. The number of hydrazine groups is 1. The van der Waals surface area contributed by atoms with Gasteiger partial charge in [0.15, 0.2) is 0 Å². The quantitative estimate of drug-likeness (QED) is 0.227. The van der Waals surface area contributed by atoms with Crippen LogP contribution in [0.5, 0.6) is 0 Å². The summed E-state index contributed by atoms with van der Waals surface area (Å²) < 4.78 is 53.2. The van der Waals surface area contributed by atoms with Crippen LogP contribution in [0.4, 0.5) is 17.6 Å². The van der Waals surface area contributed by atoms with Crippen molar-refractivity contribution in [2.24, 2.45) is 23.2 Å². The molecule has 5 amide bonds. The number of piperidine rings is 1. The zero-order chi connectivity index (χ0) is 30.3. The second kappa shape index (κ2) is 11.4. The number of fused-ring (bicyclic) bond motifs is 1. The predicted molar refractivity (Wildman–Crippen MR) is 134 cm³/mol. The molecule has 224 valence electrons. The van der Waals surface area contributed by atoms with Crippen molar-refractivity contribution < 1.29 is 41.5 Å². The van der Waals surface area contributed by atoms with Crippen LogP contribution in [0.15, 0.2) is 24.5 Å². The van der Waals surface area contributed by atoms with Gasteiger partial charge in [0, 0.05) is 31.9 Å². The van der Waals surface area contributed by atoms with E-state index in [1.807, 2.05) is 13.8 Å². The normalized spacial score (nSPS) is 25.9. The zero-order valence-electron chi connectivity index (χ0n) is 22.1. The number of aromatic nitrogens is 1. The first-order valence-corrected chi connectivity index (χ1v) is 13.3. The van der Waals surface area contributed by atoms with E-state index in [1.54, 1.807) is 5.32 Å². The van der Waals surface area contributed by atoms with E-state index in [1.165, 1.54) is 24.5 Å². The average molecular weight is 605 g/mol. The van der Waals surface area contributed by atoms with Gasteiger partial charge in [0.2, 0.25) is 11.8 Å². The fraction of sp³-hybridized carbons (Fsp3) is 0.600. The number of likely N-dealkylation sites (tertiary alicyclic amines) is 1. The Morgan fingerprint density at radius 1 is 1.24 bits per heavy atom. The molecule has 6 atom stereocenters. The van der Waals surface area contributed by atoms with Crippen LogP contribution in [0.25, 0.3) is 0 Å². The third kappa shape index (κ3) is 6.39. The van der Waals surface area contributed by atoms with Crippen molar-refractivity contribution in [3.05, 3.63) is 30.1 Å². The first kappa shape index (κ1) is 30.5. The number of halogens is 5. The minimum atomic E-state index is -5.26. The van der Waals surface area contributed by atoms with Crippen molar-refractivity contribution >= 4 is 41.1 Å². The second-order valence-electron chi connectivity index (χ2n) is 11.0. The molecule has 41 heavy (non-hydrogen) atoms. The van der Waals surface area contributed by atoms with E-state index in [9.17, 15) is 41.5 Å². The number of hydrogen-bond donors (Lipinski definition) is 3. The highest BCUT2D eigenvalue weighted by Crippen LogP contribution is 2.64. The van der Waals surface area contributed by atoms with E-state index in [2.05, 4.69) is 15.7 Å². The maximum Gasteiger partial charge on any atom is 0.471 e. The van der Waals surface area contributed by atoms with Crippen molar-refractivity contribution in [1.29, 1.82) is 0 Å². The van der Waals surface area contributed by atoms with Gasteiger partial charge in [-0.15, -0.1) is 0 Å². The summed E-state index contributed by atoms with van der Waals surface area (Å²) in [5.74, 6) is -7.26. The molecule has 4 rings (SSSR count). The Morgan fingerprint density at radius 2 is 1.90 bits per heavy atom. The average Bonchev–Trinajstić information content (AvgIpc) is 3.25. The van der Waals surface area contributed by atoms with Gasteiger partial charge >= 0.3 is 12.1 Å². The van der Waals surface area contributed by atoms with E-state index in [-0.39, 0.29) is 25.4 Å². The van der Waals surface area contributed by atoms with Crippen molar-refractivity contribution in [3.63, 3.8) is 0 Å². The summed E-state index contributed by atoms with van der Waals surface area (Å²) in [7, 11) is 0.